The van der Waals surface area contributed by atoms with Crippen molar-refractivity contribution in [3.05, 3.63) is 59.7 Å². The number of sulfonamides is 1. The first-order chi connectivity index (χ1) is 11.4. The van der Waals surface area contributed by atoms with Crippen LogP contribution in [0.4, 0.5) is 0 Å². The molecule has 0 unspecified atom stereocenters. The van der Waals surface area contributed by atoms with Gasteiger partial charge < -0.3 is 10.1 Å². The smallest absolute Gasteiger partial charge is 0.240 e. The molecule has 0 saturated heterocycles. The Labute approximate surface area is 141 Å². The minimum Gasteiger partial charge on any atom is -0.497 e. The molecule has 2 aromatic rings. The zero-order valence-corrected chi connectivity index (χ0v) is 14.4. The molecule has 0 bridgehead atoms. The van der Waals surface area contributed by atoms with Gasteiger partial charge in [0.2, 0.25) is 15.9 Å². The van der Waals surface area contributed by atoms with Crippen LogP contribution in [0, 0.1) is 0 Å². The first-order valence-corrected chi connectivity index (χ1v) is 8.85. The number of methoxy groups -OCH3 is 1. The number of amides is 1. The van der Waals surface area contributed by atoms with E-state index in [0.29, 0.717) is 12.3 Å². The summed E-state index contributed by atoms with van der Waals surface area (Å²) in [5, 5.41) is 2.66. The van der Waals surface area contributed by atoms with Crippen LogP contribution in [0.3, 0.4) is 0 Å². The molecule has 0 atom stereocenters. The Bertz CT molecular complexity index is 802. The van der Waals surface area contributed by atoms with E-state index in [2.05, 4.69) is 10.0 Å². The van der Waals surface area contributed by atoms with Gasteiger partial charge in [-0.25, -0.2) is 13.1 Å². The lowest BCUT2D eigenvalue weighted by atomic mass is 10.2. The van der Waals surface area contributed by atoms with Crippen LogP contribution in [0.25, 0.3) is 0 Å². The molecule has 0 spiro atoms. The minimum absolute atomic E-state index is 0.133. The fourth-order valence-electron chi connectivity index (χ4n) is 2.06. The van der Waals surface area contributed by atoms with Crippen LogP contribution < -0.4 is 14.8 Å². The van der Waals surface area contributed by atoms with Gasteiger partial charge >= 0.3 is 0 Å². The summed E-state index contributed by atoms with van der Waals surface area (Å²) in [5.41, 5.74) is 1.64. The maximum Gasteiger partial charge on any atom is 0.240 e. The van der Waals surface area contributed by atoms with Gasteiger partial charge in [0, 0.05) is 20.0 Å². The molecule has 0 aliphatic carbocycles. The van der Waals surface area contributed by atoms with Gasteiger partial charge in [0.05, 0.1) is 12.0 Å². The first kappa shape index (κ1) is 18.0. The van der Waals surface area contributed by atoms with Crippen LogP contribution in [-0.2, 0) is 27.9 Å². The molecular weight excluding hydrogens is 328 g/mol. The fourth-order valence-corrected chi connectivity index (χ4v) is 3.07. The van der Waals surface area contributed by atoms with Gasteiger partial charge in [0.15, 0.2) is 0 Å². The zero-order valence-electron chi connectivity index (χ0n) is 13.6. The molecule has 0 aromatic heterocycles. The molecule has 1 amide bonds. The van der Waals surface area contributed by atoms with E-state index < -0.39 is 10.0 Å². The van der Waals surface area contributed by atoms with E-state index in [1.165, 1.54) is 19.1 Å². The summed E-state index contributed by atoms with van der Waals surface area (Å²) in [7, 11) is -2.04. The standard InChI is InChI=1S/C17H20N2O4S/c1-13(20)18-11-14-6-8-17(9-7-14)24(21,22)19-12-15-4-3-5-16(10-15)23-2/h3-10,19H,11-12H2,1-2H3,(H,18,20). The highest BCUT2D eigenvalue weighted by Gasteiger charge is 2.13. The molecule has 0 saturated carbocycles. The molecule has 128 valence electrons. The number of nitrogens with one attached hydrogen (secondary N) is 2. The lowest BCUT2D eigenvalue weighted by molar-refractivity contribution is -0.119. The van der Waals surface area contributed by atoms with E-state index in [-0.39, 0.29) is 17.3 Å². The molecule has 2 aromatic carbocycles. The summed E-state index contributed by atoms with van der Waals surface area (Å²) < 4.78 is 32.3. The summed E-state index contributed by atoms with van der Waals surface area (Å²) >= 11 is 0. The minimum atomic E-state index is -3.60. The molecule has 0 radical (unpaired) electrons. The van der Waals surface area contributed by atoms with Crippen LogP contribution >= 0.6 is 0 Å². The Hall–Kier alpha value is -2.38. The Balaban J connectivity index is 2.02. The van der Waals surface area contributed by atoms with Gasteiger partial charge in [-0.1, -0.05) is 24.3 Å². The zero-order chi connectivity index (χ0) is 17.6. The highest BCUT2D eigenvalue weighted by Crippen LogP contribution is 2.14. The third kappa shape index (κ3) is 5.07. The highest BCUT2D eigenvalue weighted by molar-refractivity contribution is 7.89. The van der Waals surface area contributed by atoms with Crippen molar-refractivity contribution in [1.29, 1.82) is 0 Å². The summed E-state index contributed by atoms with van der Waals surface area (Å²) in [6, 6.07) is 13.6. The van der Waals surface area contributed by atoms with Gasteiger partial charge in [-0.3, -0.25) is 4.79 Å². The van der Waals surface area contributed by atoms with Crippen molar-refractivity contribution in [2.75, 3.05) is 7.11 Å². The lowest BCUT2D eigenvalue weighted by Gasteiger charge is -2.09. The predicted molar refractivity (Wildman–Crippen MR) is 91.0 cm³/mol. The molecule has 2 N–H and O–H groups in total. The van der Waals surface area contributed by atoms with Gasteiger partial charge in [-0.15, -0.1) is 0 Å². The lowest BCUT2D eigenvalue weighted by Crippen LogP contribution is -2.23. The summed E-state index contributed by atoms with van der Waals surface area (Å²) in [4.78, 5) is 11.1. The molecule has 7 heteroatoms. The van der Waals surface area contributed by atoms with E-state index in [9.17, 15) is 13.2 Å². The largest absolute Gasteiger partial charge is 0.497 e. The first-order valence-electron chi connectivity index (χ1n) is 7.37. The number of benzene rings is 2. The van der Waals surface area contributed by atoms with Gasteiger partial charge in [0.25, 0.3) is 0 Å². The molecule has 0 heterocycles. The van der Waals surface area contributed by atoms with Gasteiger partial charge in [-0.05, 0) is 35.4 Å². The number of hydrogen-bond donors (Lipinski definition) is 2. The Morgan fingerprint density at radius 3 is 2.38 bits per heavy atom. The van der Waals surface area contributed by atoms with E-state index in [1.54, 1.807) is 37.4 Å². The number of rotatable bonds is 7. The van der Waals surface area contributed by atoms with Crippen molar-refractivity contribution >= 4 is 15.9 Å². The van der Waals surface area contributed by atoms with E-state index >= 15 is 0 Å². The average molecular weight is 348 g/mol. The monoisotopic (exact) mass is 348 g/mol. The topological polar surface area (TPSA) is 84.5 Å². The number of carbonyl (C=O) groups is 1. The van der Waals surface area contributed by atoms with E-state index in [1.807, 2.05) is 6.07 Å². The Kier molecular flexibility index (Phi) is 5.94. The van der Waals surface area contributed by atoms with Gasteiger partial charge in [-0.2, -0.15) is 0 Å². The van der Waals surface area contributed by atoms with Crippen molar-refractivity contribution in [2.24, 2.45) is 0 Å². The van der Waals surface area contributed by atoms with Crippen LogP contribution in [0.15, 0.2) is 53.4 Å². The summed E-state index contributed by atoms with van der Waals surface area (Å²) in [6.45, 7) is 1.97. The third-order valence-corrected chi connectivity index (χ3v) is 4.79. The summed E-state index contributed by atoms with van der Waals surface area (Å²) in [5.74, 6) is 0.542. The van der Waals surface area contributed by atoms with Crippen LogP contribution in [0.2, 0.25) is 0 Å². The molecular formula is C17H20N2O4S. The fraction of sp³-hybridized carbons (Fsp3) is 0.235. The molecule has 0 aliphatic rings. The highest BCUT2D eigenvalue weighted by atomic mass is 32.2. The number of ether oxygens (including phenoxy) is 1. The maximum absolute atomic E-state index is 12.3. The molecule has 6 nitrogen and oxygen atoms in total. The van der Waals surface area contributed by atoms with Crippen LogP contribution in [0.1, 0.15) is 18.1 Å². The Morgan fingerprint density at radius 2 is 1.75 bits per heavy atom. The Morgan fingerprint density at radius 1 is 1.04 bits per heavy atom. The SMILES string of the molecule is COc1cccc(CNS(=O)(=O)c2ccc(CNC(C)=O)cc2)c1. The quantitative estimate of drug-likeness (QED) is 0.799. The van der Waals surface area contributed by atoms with Crippen molar-refractivity contribution in [2.45, 2.75) is 24.9 Å². The third-order valence-electron chi connectivity index (χ3n) is 3.38. The summed E-state index contributed by atoms with van der Waals surface area (Å²) in [6.07, 6.45) is 0. The molecule has 0 fully saturated rings. The predicted octanol–water partition coefficient (Wildman–Crippen LogP) is 1.81. The maximum atomic E-state index is 12.3. The van der Waals surface area contributed by atoms with E-state index in [0.717, 1.165) is 11.1 Å². The van der Waals surface area contributed by atoms with E-state index in [4.69, 9.17) is 4.74 Å². The van der Waals surface area contributed by atoms with Crippen LogP contribution in [0.5, 0.6) is 5.75 Å². The van der Waals surface area contributed by atoms with Crippen molar-refractivity contribution < 1.29 is 17.9 Å². The van der Waals surface area contributed by atoms with Crippen LogP contribution in [-0.4, -0.2) is 21.4 Å². The second kappa shape index (κ2) is 7.94. The van der Waals surface area contributed by atoms with Crippen molar-refractivity contribution in [3.63, 3.8) is 0 Å². The second-order valence-electron chi connectivity index (χ2n) is 5.23. The molecule has 2 rings (SSSR count). The second-order valence-corrected chi connectivity index (χ2v) is 7.00. The van der Waals surface area contributed by atoms with Gasteiger partial charge in [0.1, 0.15) is 5.75 Å². The normalized spacial score (nSPS) is 11.1. The van der Waals surface area contributed by atoms with Crippen molar-refractivity contribution in [3.8, 4) is 5.75 Å². The number of hydrogen-bond acceptors (Lipinski definition) is 4. The number of carbonyl (C=O) groups excluding carboxylic acids is 1. The molecule has 24 heavy (non-hydrogen) atoms. The average Bonchev–Trinajstić information content (AvgIpc) is 2.59. The molecule has 0 aliphatic heterocycles. The van der Waals surface area contributed by atoms with Crippen molar-refractivity contribution in [1.82, 2.24) is 10.0 Å².